The van der Waals surface area contributed by atoms with Crippen LogP contribution in [-0.2, 0) is 0 Å². The minimum atomic E-state index is 0.553. The number of imidazole rings is 1. The van der Waals surface area contributed by atoms with Crippen molar-refractivity contribution in [1.82, 2.24) is 15.0 Å². The molecule has 2 aromatic heterocycles. The molecule has 102 valence electrons. The summed E-state index contributed by atoms with van der Waals surface area (Å²) in [5, 5.41) is 0.586. The summed E-state index contributed by atoms with van der Waals surface area (Å²) in [5.41, 5.74) is 8.58. The molecule has 0 aliphatic rings. The highest BCUT2D eigenvalue weighted by Crippen LogP contribution is 2.29. The predicted octanol–water partition coefficient (Wildman–Crippen LogP) is 3.26. The van der Waals surface area contributed by atoms with Gasteiger partial charge in [-0.05, 0) is 31.2 Å². The van der Waals surface area contributed by atoms with Gasteiger partial charge in [0.05, 0.1) is 17.1 Å². The Morgan fingerprint density at radius 2 is 2.10 bits per heavy atom. The number of aromatic amines is 1. The minimum Gasteiger partial charge on any atom is -0.478 e. The lowest BCUT2D eigenvalue weighted by Crippen LogP contribution is -1.93. The second kappa shape index (κ2) is 5.02. The number of benzene rings is 1. The van der Waals surface area contributed by atoms with Gasteiger partial charge in [0.2, 0.25) is 5.88 Å². The molecule has 0 aliphatic carbocycles. The fourth-order valence-electron chi connectivity index (χ4n) is 1.96. The van der Waals surface area contributed by atoms with Crippen molar-refractivity contribution in [3.05, 3.63) is 35.4 Å². The number of aromatic nitrogens is 3. The number of fused-ring (bicyclic) bond motifs is 1. The van der Waals surface area contributed by atoms with Gasteiger partial charge in [-0.2, -0.15) is 4.98 Å². The molecule has 6 heteroatoms. The molecule has 3 N–H and O–H groups in total. The number of nitrogens with two attached hydrogens (primary N) is 1. The SMILES string of the molecule is CCOc1ccc2[nH]c(-c3cc(N)ccc3Cl)nc2n1. The van der Waals surface area contributed by atoms with Gasteiger partial charge in [0.15, 0.2) is 5.65 Å². The predicted molar refractivity (Wildman–Crippen MR) is 79.9 cm³/mol. The van der Waals surface area contributed by atoms with E-state index < -0.39 is 0 Å². The van der Waals surface area contributed by atoms with E-state index in [0.29, 0.717) is 34.7 Å². The molecule has 0 saturated carbocycles. The Morgan fingerprint density at radius 3 is 2.90 bits per heavy atom. The number of hydrogen-bond acceptors (Lipinski definition) is 4. The van der Waals surface area contributed by atoms with E-state index in [2.05, 4.69) is 15.0 Å². The molecule has 0 bridgehead atoms. The van der Waals surface area contributed by atoms with E-state index in [1.807, 2.05) is 13.0 Å². The maximum atomic E-state index is 6.18. The molecule has 2 heterocycles. The number of ether oxygens (including phenoxy) is 1. The number of halogens is 1. The molecule has 0 radical (unpaired) electrons. The minimum absolute atomic E-state index is 0.553. The highest BCUT2D eigenvalue weighted by molar-refractivity contribution is 6.33. The number of hydrogen-bond donors (Lipinski definition) is 2. The number of rotatable bonds is 3. The van der Waals surface area contributed by atoms with Gasteiger partial charge in [0, 0.05) is 17.3 Å². The third-order valence-corrected chi connectivity index (χ3v) is 3.19. The van der Waals surface area contributed by atoms with Crippen LogP contribution in [0.4, 0.5) is 5.69 Å². The fraction of sp³-hybridized carbons (Fsp3) is 0.143. The first-order valence-electron chi connectivity index (χ1n) is 6.22. The van der Waals surface area contributed by atoms with Crippen LogP contribution in [0.5, 0.6) is 5.88 Å². The summed E-state index contributed by atoms with van der Waals surface area (Å²) >= 11 is 6.18. The summed E-state index contributed by atoms with van der Waals surface area (Å²) in [4.78, 5) is 11.9. The van der Waals surface area contributed by atoms with Crippen LogP contribution in [0, 0.1) is 0 Å². The van der Waals surface area contributed by atoms with Gasteiger partial charge in [0.1, 0.15) is 5.82 Å². The smallest absolute Gasteiger partial charge is 0.215 e. The summed E-state index contributed by atoms with van der Waals surface area (Å²) < 4.78 is 5.36. The van der Waals surface area contributed by atoms with Gasteiger partial charge < -0.3 is 15.5 Å². The van der Waals surface area contributed by atoms with Crippen molar-refractivity contribution < 1.29 is 4.74 Å². The quantitative estimate of drug-likeness (QED) is 0.725. The highest BCUT2D eigenvalue weighted by Gasteiger charge is 2.11. The molecule has 1 aromatic carbocycles. The normalized spacial score (nSPS) is 10.9. The van der Waals surface area contributed by atoms with Crippen LogP contribution in [0.1, 0.15) is 6.92 Å². The zero-order chi connectivity index (χ0) is 14.1. The third-order valence-electron chi connectivity index (χ3n) is 2.86. The van der Waals surface area contributed by atoms with Crippen molar-refractivity contribution in [2.24, 2.45) is 0 Å². The number of nitrogen functional groups attached to an aromatic ring is 1. The van der Waals surface area contributed by atoms with E-state index in [0.717, 1.165) is 11.1 Å². The molecule has 5 nitrogen and oxygen atoms in total. The summed E-state index contributed by atoms with van der Waals surface area (Å²) in [6.45, 7) is 2.48. The van der Waals surface area contributed by atoms with Gasteiger partial charge in [-0.1, -0.05) is 11.6 Å². The summed E-state index contributed by atoms with van der Waals surface area (Å²) in [6, 6.07) is 8.96. The Hall–Kier alpha value is -2.27. The molecule has 0 spiro atoms. The zero-order valence-corrected chi connectivity index (χ0v) is 11.6. The Labute approximate surface area is 120 Å². The Morgan fingerprint density at radius 1 is 1.25 bits per heavy atom. The number of nitrogens with one attached hydrogen (secondary N) is 1. The fourth-order valence-corrected chi connectivity index (χ4v) is 2.16. The lowest BCUT2D eigenvalue weighted by molar-refractivity contribution is 0.328. The Kier molecular flexibility index (Phi) is 3.20. The number of anilines is 1. The summed E-state index contributed by atoms with van der Waals surface area (Å²) in [6.07, 6.45) is 0. The van der Waals surface area contributed by atoms with Crippen molar-refractivity contribution in [3.8, 4) is 17.3 Å². The number of pyridine rings is 1. The first-order valence-corrected chi connectivity index (χ1v) is 6.60. The van der Waals surface area contributed by atoms with Crippen LogP contribution in [0.15, 0.2) is 30.3 Å². The molecule has 0 aliphatic heterocycles. The van der Waals surface area contributed by atoms with Crippen LogP contribution in [0.25, 0.3) is 22.6 Å². The molecule has 3 aromatic rings. The van der Waals surface area contributed by atoms with Crippen molar-refractivity contribution in [2.75, 3.05) is 12.3 Å². The van der Waals surface area contributed by atoms with E-state index in [4.69, 9.17) is 22.1 Å². The number of H-pyrrole nitrogens is 1. The lowest BCUT2D eigenvalue weighted by Gasteiger charge is -2.01. The largest absolute Gasteiger partial charge is 0.478 e. The first-order chi connectivity index (χ1) is 9.67. The monoisotopic (exact) mass is 288 g/mol. The summed E-state index contributed by atoms with van der Waals surface area (Å²) in [7, 11) is 0. The van der Waals surface area contributed by atoms with E-state index in [9.17, 15) is 0 Å². The van der Waals surface area contributed by atoms with E-state index in [-0.39, 0.29) is 0 Å². The average Bonchev–Trinajstić information content (AvgIpc) is 2.85. The van der Waals surface area contributed by atoms with Gasteiger partial charge in [-0.3, -0.25) is 0 Å². The molecule has 0 atom stereocenters. The van der Waals surface area contributed by atoms with Crippen LogP contribution < -0.4 is 10.5 Å². The second-order valence-electron chi connectivity index (χ2n) is 4.28. The van der Waals surface area contributed by atoms with Crippen molar-refractivity contribution >= 4 is 28.5 Å². The van der Waals surface area contributed by atoms with E-state index >= 15 is 0 Å². The molecule has 0 amide bonds. The van der Waals surface area contributed by atoms with Crippen LogP contribution in [0.3, 0.4) is 0 Å². The molecule has 0 unspecified atom stereocenters. The average molecular weight is 289 g/mol. The standard InChI is InChI=1S/C14H13ClN4O/c1-2-20-12-6-5-11-14(18-12)19-13(17-11)9-7-8(16)3-4-10(9)15/h3-7H,2,16H2,1H3,(H,17,18,19). The van der Waals surface area contributed by atoms with E-state index in [1.54, 1.807) is 24.3 Å². The highest BCUT2D eigenvalue weighted by atomic mass is 35.5. The third kappa shape index (κ3) is 2.28. The lowest BCUT2D eigenvalue weighted by atomic mass is 10.2. The van der Waals surface area contributed by atoms with E-state index in [1.165, 1.54) is 0 Å². The molecule has 0 saturated heterocycles. The molecule has 20 heavy (non-hydrogen) atoms. The van der Waals surface area contributed by atoms with Crippen LogP contribution in [0.2, 0.25) is 5.02 Å². The number of nitrogens with zero attached hydrogens (tertiary/aromatic N) is 2. The Balaban J connectivity index is 2.10. The molecular weight excluding hydrogens is 276 g/mol. The van der Waals surface area contributed by atoms with Crippen LogP contribution >= 0.6 is 11.6 Å². The Bertz CT molecular complexity index is 769. The van der Waals surface area contributed by atoms with Gasteiger partial charge in [-0.25, -0.2) is 4.98 Å². The first kappa shape index (κ1) is 12.7. The maximum absolute atomic E-state index is 6.18. The van der Waals surface area contributed by atoms with Gasteiger partial charge in [0.25, 0.3) is 0 Å². The van der Waals surface area contributed by atoms with Crippen molar-refractivity contribution in [3.63, 3.8) is 0 Å². The second-order valence-corrected chi connectivity index (χ2v) is 4.69. The van der Waals surface area contributed by atoms with Crippen LogP contribution in [-0.4, -0.2) is 21.6 Å². The maximum Gasteiger partial charge on any atom is 0.215 e. The van der Waals surface area contributed by atoms with Gasteiger partial charge in [-0.15, -0.1) is 0 Å². The summed E-state index contributed by atoms with van der Waals surface area (Å²) in [5.74, 6) is 1.19. The van der Waals surface area contributed by atoms with Gasteiger partial charge >= 0.3 is 0 Å². The van der Waals surface area contributed by atoms with Crippen molar-refractivity contribution in [2.45, 2.75) is 6.92 Å². The molecule has 0 fully saturated rings. The zero-order valence-electron chi connectivity index (χ0n) is 10.9. The molecular formula is C14H13ClN4O. The topological polar surface area (TPSA) is 76.8 Å². The molecule has 3 rings (SSSR count). The van der Waals surface area contributed by atoms with Crippen molar-refractivity contribution in [1.29, 1.82) is 0 Å².